The van der Waals surface area contributed by atoms with E-state index in [2.05, 4.69) is 9.46 Å². The van der Waals surface area contributed by atoms with Gasteiger partial charge in [-0.15, -0.1) is 0 Å². The number of carbonyl (C=O) groups excluding carboxylic acids is 1. The van der Waals surface area contributed by atoms with Crippen molar-refractivity contribution in [2.45, 2.75) is 0 Å². The molecule has 0 aliphatic carbocycles. The number of anilines is 1. The predicted molar refractivity (Wildman–Crippen MR) is 55.3 cm³/mol. The highest BCUT2D eigenvalue weighted by Gasteiger charge is 2.10. The third-order valence-electron chi connectivity index (χ3n) is 1.57. The first kappa shape index (κ1) is 12.0. The van der Waals surface area contributed by atoms with Crippen LogP contribution in [-0.2, 0) is 16.0 Å². The molecule has 0 radical (unpaired) electrons. The molecule has 0 bridgehead atoms. The number of halogens is 1. The number of benzene rings is 1. The summed E-state index contributed by atoms with van der Waals surface area (Å²) in [6.45, 7) is 0. The smallest absolute Gasteiger partial charge is 0.339 e. The van der Waals surface area contributed by atoms with Crippen molar-refractivity contribution in [2.75, 3.05) is 11.8 Å². The van der Waals surface area contributed by atoms with Crippen molar-refractivity contribution >= 4 is 34.5 Å². The summed E-state index contributed by atoms with van der Waals surface area (Å²) in [4.78, 5) is 11.2. The predicted octanol–water partition coefficient (Wildman–Crippen LogP) is 1.33. The van der Waals surface area contributed by atoms with Crippen LogP contribution in [0.15, 0.2) is 18.2 Å². The van der Waals surface area contributed by atoms with E-state index in [0.717, 1.165) is 0 Å². The van der Waals surface area contributed by atoms with Gasteiger partial charge in [-0.05, 0) is 18.2 Å². The summed E-state index contributed by atoms with van der Waals surface area (Å²) < 4.78 is 27.3. The number of ether oxygens (including phenoxy) is 1. The molecule has 0 aromatic heterocycles. The first-order chi connectivity index (χ1) is 7.04. The van der Waals surface area contributed by atoms with Crippen molar-refractivity contribution in [3.8, 4) is 0 Å². The zero-order valence-electron chi connectivity index (χ0n) is 7.65. The highest BCUT2D eigenvalue weighted by Crippen LogP contribution is 2.21. The van der Waals surface area contributed by atoms with E-state index < -0.39 is 17.2 Å². The Morgan fingerprint density at radius 1 is 1.60 bits per heavy atom. The van der Waals surface area contributed by atoms with E-state index in [9.17, 15) is 13.6 Å². The SMILES string of the molecule is COC(=O)c1cc(NS(=O)[O-])ccc1Cl. The van der Waals surface area contributed by atoms with Crippen LogP contribution in [0.3, 0.4) is 0 Å². The molecule has 0 saturated heterocycles. The van der Waals surface area contributed by atoms with Gasteiger partial charge in [0, 0.05) is 17.0 Å². The van der Waals surface area contributed by atoms with Crippen molar-refractivity contribution in [1.29, 1.82) is 0 Å². The Hall–Kier alpha value is -1.11. The standard InChI is InChI=1S/C8H8ClNO4S/c1-14-8(11)6-4-5(10-15(12)13)2-3-7(6)9/h2-4,10H,1H3,(H,12,13)/p-1. The normalized spacial score (nSPS) is 11.9. The van der Waals surface area contributed by atoms with E-state index in [4.69, 9.17) is 11.6 Å². The summed E-state index contributed by atoms with van der Waals surface area (Å²) in [6.07, 6.45) is 0. The Morgan fingerprint density at radius 3 is 2.80 bits per heavy atom. The highest BCUT2D eigenvalue weighted by molar-refractivity contribution is 7.80. The van der Waals surface area contributed by atoms with Crippen LogP contribution in [0.4, 0.5) is 5.69 Å². The lowest BCUT2D eigenvalue weighted by molar-refractivity contribution is 0.0601. The minimum absolute atomic E-state index is 0.106. The largest absolute Gasteiger partial charge is 0.755 e. The Labute approximate surface area is 93.8 Å². The average molecular weight is 249 g/mol. The minimum atomic E-state index is -2.44. The number of esters is 1. The fourth-order valence-corrected chi connectivity index (χ4v) is 1.47. The maximum absolute atomic E-state index is 11.2. The van der Waals surface area contributed by atoms with Gasteiger partial charge >= 0.3 is 5.97 Å². The van der Waals surface area contributed by atoms with Crippen LogP contribution in [0.25, 0.3) is 0 Å². The molecule has 7 heteroatoms. The molecule has 5 nitrogen and oxygen atoms in total. The number of carbonyl (C=O) groups is 1. The quantitative estimate of drug-likeness (QED) is 0.647. The molecule has 0 aliphatic heterocycles. The topological polar surface area (TPSA) is 78.5 Å². The fourth-order valence-electron chi connectivity index (χ4n) is 0.951. The summed E-state index contributed by atoms with van der Waals surface area (Å²) in [6, 6.07) is 4.14. The Bertz CT molecular complexity index is 410. The summed E-state index contributed by atoms with van der Waals surface area (Å²) in [5.74, 6) is -0.625. The van der Waals surface area contributed by atoms with Gasteiger partial charge < -0.3 is 14.0 Å². The van der Waals surface area contributed by atoms with Crippen LogP contribution in [0, 0.1) is 0 Å². The zero-order chi connectivity index (χ0) is 11.4. The zero-order valence-corrected chi connectivity index (χ0v) is 9.22. The number of rotatable bonds is 3. The van der Waals surface area contributed by atoms with Crippen LogP contribution in [0.1, 0.15) is 10.4 Å². The van der Waals surface area contributed by atoms with E-state index in [1.165, 1.54) is 25.3 Å². The lowest BCUT2D eigenvalue weighted by Gasteiger charge is -2.10. The molecule has 15 heavy (non-hydrogen) atoms. The lowest BCUT2D eigenvalue weighted by Crippen LogP contribution is -2.06. The molecular formula is C8H7ClNO4S-. The van der Waals surface area contributed by atoms with Gasteiger partial charge in [0.25, 0.3) is 0 Å². The number of hydrogen-bond acceptors (Lipinski definition) is 4. The average Bonchev–Trinajstić information content (AvgIpc) is 2.19. The van der Waals surface area contributed by atoms with E-state index >= 15 is 0 Å². The van der Waals surface area contributed by atoms with Gasteiger partial charge in [-0.25, -0.2) is 4.79 Å². The third-order valence-corrected chi connectivity index (χ3v) is 2.30. The lowest BCUT2D eigenvalue weighted by atomic mass is 10.2. The molecule has 0 heterocycles. The van der Waals surface area contributed by atoms with E-state index in [-0.39, 0.29) is 16.3 Å². The van der Waals surface area contributed by atoms with Crippen LogP contribution >= 0.6 is 11.6 Å². The number of hydrogen-bond donors (Lipinski definition) is 1. The molecule has 0 aliphatic rings. The molecule has 1 N–H and O–H groups in total. The monoisotopic (exact) mass is 248 g/mol. The van der Waals surface area contributed by atoms with Crippen molar-refractivity contribution in [1.82, 2.24) is 0 Å². The maximum atomic E-state index is 11.2. The molecule has 1 atom stereocenters. The first-order valence-corrected chi connectivity index (χ1v) is 5.23. The van der Waals surface area contributed by atoms with Crippen molar-refractivity contribution in [3.63, 3.8) is 0 Å². The van der Waals surface area contributed by atoms with Crippen molar-refractivity contribution in [2.24, 2.45) is 0 Å². The van der Waals surface area contributed by atoms with E-state index in [0.29, 0.717) is 0 Å². The molecule has 0 fully saturated rings. The summed E-state index contributed by atoms with van der Waals surface area (Å²) in [5, 5.41) is 0.198. The van der Waals surface area contributed by atoms with Crippen molar-refractivity contribution in [3.05, 3.63) is 28.8 Å². The Balaban J connectivity index is 3.05. The molecule has 1 rings (SSSR count). The second-order valence-corrected chi connectivity index (χ2v) is 3.60. The third kappa shape index (κ3) is 3.19. The van der Waals surface area contributed by atoms with Gasteiger partial charge in [-0.2, -0.15) is 0 Å². The summed E-state index contributed by atoms with van der Waals surface area (Å²) in [7, 11) is 1.21. The molecule has 82 valence electrons. The Kier molecular flexibility index (Phi) is 4.07. The van der Waals surface area contributed by atoms with Crippen LogP contribution in [-0.4, -0.2) is 21.8 Å². The number of nitrogens with one attached hydrogen (secondary N) is 1. The Morgan fingerprint density at radius 2 is 2.27 bits per heavy atom. The molecule has 0 spiro atoms. The molecular weight excluding hydrogens is 242 g/mol. The molecule has 1 aromatic carbocycles. The maximum Gasteiger partial charge on any atom is 0.339 e. The molecule has 1 unspecified atom stereocenters. The molecule has 0 saturated carbocycles. The number of methoxy groups -OCH3 is 1. The van der Waals surface area contributed by atoms with Crippen molar-refractivity contribution < 1.29 is 18.3 Å². The van der Waals surface area contributed by atoms with Gasteiger partial charge in [-0.1, -0.05) is 11.6 Å². The fraction of sp³-hybridized carbons (Fsp3) is 0.125. The van der Waals surface area contributed by atoms with Gasteiger partial charge in [0.05, 0.1) is 17.7 Å². The van der Waals surface area contributed by atoms with Gasteiger partial charge in [0.1, 0.15) is 0 Å². The van der Waals surface area contributed by atoms with Gasteiger partial charge in [0.15, 0.2) is 0 Å². The van der Waals surface area contributed by atoms with Crippen LogP contribution in [0.5, 0.6) is 0 Å². The second-order valence-electron chi connectivity index (χ2n) is 2.52. The minimum Gasteiger partial charge on any atom is -0.755 e. The second kappa shape index (κ2) is 5.11. The molecule has 0 amide bonds. The van der Waals surface area contributed by atoms with Gasteiger partial charge in [-0.3, -0.25) is 4.21 Å². The van der Waals surface area contributed by atoms with Crippen LogP contribution < -0.4 is 4.72 Å². The summed E-state index contributed by atoms with van der Waals surface area (Å²) in [5.41, 5.74) is 0.350. The molecule has 1 aromatic rings. The highest BCUT2D eigenvalue weighted by atomic mass is 35.5. The first-order valence-electron chi connectivity index (χ1n) is 3.78. The van der Waals surface area contributed by atoms with Gasteiger partial charge in [0.2, 0.25) is 0 Å². The van der Waals surface area contributed by atoms with E-state index in [1.807, 2.05) is 0 Å². The summed E-state index contributed by atoms with van der Waals surface area (Å²) >= 11 is 3.28. The van der Waals surface area contributed by atoms with E-state index in [1.54, 1.807) is 0 Å². The van der Waals surface area contributed by atoms with Crippen LogP contribution in [0.2, 0.25) is 5.02 Å².